The molecule has 0 unspecified atom stereocenters. The lowest BCUT2D eigenvalue weighted by Crippen LogP contribution is -2.12. The van der Waals surface area contributed by atoms with Crippen molar-refractivity contribution in [3.05, 3.63) is 0 Å². The SMILES string of the molecule is CCCOc1nc(NCC)nc(NCCSC)n1. The van der Waals surface area contributed by atoms with E-state index in [1.165, 1.54) is 0 Å². The smallest absolute Gasteiger partial charge is 0.323 e. The Hall–Kier alpha value is -1.24. The minimum Gasteiger partial charge on any atom is -0.463 e. The van der Waals surface area contributed by atoms with Gasteiger partial charge in [0.25, 0.3) is 0 Å². The Labute approximate surface area is 112 Å². The van der Waals surface area contributed by atoms with Crippen molar-refractivity contribution in [1.82, 2.24) is 15.0 Å². The van der Waals surface area contributed by atoms with Crippen LogP contribution >= 0.6 is 11.8 Å². The topological polar surface area (TPSA) is 72.0 Å². The summed E-state index contributed by atoms with van der Waals surface area (Å²) in [7, 11) is 0. The maximum absolute atomic E-state index is 5.44. The van der Waals surface area contributed by atoms with E-state index < -0.39 is 0 Å². The van der Waals surface area contributed by atoms with E-state index in [0.29, 0.717) is 24.5 Å². The van der Waals surface area contributed by atoms with Crippen molar-refractivity contribution < 1.29 is 4.74 Å². The summed E-state index contributed by atoms with van der Waals surface area (Å²) in [6, 6.07) is 0.370. The van der Waals surface area contributed by atoms with E-state index in [2.05, 4.69) is 31.8 Å². The van der Waals surface area contributed by atoms with Gasteiger partial charge in [-0.2, -0.15) is 26.7 Å². The second kappa shape index (κ2) is 8.79. The van der Waals surface area contributed by atoms with Gasteiger partial charge >= 0.3 is 6.01 Å². The number of ether oxygens (including phenoxy) is 1. The highest BCUT2D eigenvalue weighted by atomic mass is 32.2. The molecular formula is C11H21N5OS. The average molecular weight is 271 g/mol. The molecule has 6 nitrogen and oxygen atoms in total. The molecular weight excluding hydrogens is 250 g/mol. The molecule has 7 heteroatoms. The lowest BCUT2D eigenvalue weighted by atomic mass is 10.5. The number of aromatic nitrogens is 3. The molecule has 0 atom stereocenters. The van der Waals surface area contributed by atoms with Gasteiger partial charge in [-0.3, -0.25) is 0 Å². The van der Waals surface area contributed by atoms with Crippen LogP contribution in [0.1, 0.15) is 20.3 Å². The van der Waals surface area contributed by atoms with Gasteiger partial charge in [0.05, 0.1) is 6.61 Å². The second-order valence-electron chi connectivity index (χ2n) is 3.56. The Morgan fingerprint density at radius 1 is 1.11 bits per heavy atom. The second-order valence-corrected chi connectivity index (χ2v) is 4.55. The van der Waals surface area contributed by atoms with E-state index >= 15 is 0 Å². The first-order chi connectivity index (χ1) is 8.80. The fraction of sp³-hybridized carbons (Fsp3) is 0.727. The fourth-order valence-corrected chi connectivity index (χ4v) is 1.50. The van der Waals surface area contributed by atoms with E-state index in [0.717, 1.165) is 25.3 Å². The van der Waals surface area contributed by atoms with Gasteiger partial charge in [0.2, 0.25) is 11.9 Å². The molecule has 0 aliphatic carbocycles. The van der Waals surface area contributed by atoms with Crippen LogP contribution in [0.5, 0.6) is 6.01 Å². The molecule has 0 spiro atoms. The third-order valence-corrected chi connectivity index (χ3v) is 2.59. The molecule has 1 aromatic rings. The Balaban J connectivity index is 2.70. The highest BCUT2D eigenvalue weighted by Crippen LogP contribution is 2.11. The summed E-state index contributed by atoms with van der Waals surface area (Å²) in [5.41, 5.74) is 0. The summed E-state index contributed by atoms with van der Waals surface area (Å²) < 4.78 is 5.44. The van der Waals surface area contributed by atoms with Crippen molar-refractivity contribution in [2.24, 2.45) is 0 Å². The van der Waals surface area contributed by atoms with E-state index in [1.54, 1.807) is 11.8 Å². The molecule has 1 rings (SSSR count). The molecule has 0 aromatic carbocycles. The maximum atomic E-state index is 5.44. The van der Waals surface area contributed by atoms with Crippen LogP contribution in [0.2, 0.25) is 0 Å². The first kappa shape index (κ1) is 14.8. The largest absolute Gasteiger partial charge is 0.463 e. The Kier molecular flexibility index (Phi) is 7.24. The molecule has 102 valence electrons. The number of hydrogen-bond donors (Lipinski definition) is 2. The maximum Gasteiger partial charge on any atom is 0.323 e. The van der Waals surface area contributed by atoms with Gasteiger partial charge in [-0.15, -0.1) is 0 Å². The minimum atomic E-state index is 0.370. The van der Waals surface area contributed by atoms with Crippen LogP contribution in [0.25, 0.3) is 0 Å². The van der Waals surface area contributed by atoms with E-state index in [-0.39, 0.29) is 0 Å². The van der Waals surface area contributed by atoms with E-state index in [9.17, 15) is 0 Å². The Morgan fingerprint density at radius 3 is 2.44 bits per heavy atom. The Bertz CT molecular complexity index is 350. The van der Waals surface area contributed by atoms with Gasteiger partial charge in [0.15, 0.2) is 0 Å². The van der Waals surface area contributed by atoms with Crippen molar-refractivity contribution in [3.8, 4) is 6.01 Å². The first-order valence-electron chi connectivity index (χ1n) is 6.15. The van der Waals surface area contributed by atoms with Crippen LogP contribution in [0.3, 0.4) is 0 Å². The first-order valence-corrected chi connectivity index (χ1v) is 7.55. The average Bonchev–Trinajstić information content (AvgIpc) is 2.37. The summed E-state index contributed by atoms with van der Waals surface area (Å²) in [6.07, 6.45) is 2.99. The van der Waals surface area contributed by atoms with Crippen LogP contribution in [0.4, 0.5) is 11.9 Å². The molecule has 1 heterocycles. The van der Waals surface area contributed by atoms with Crippen molar-refractivity contribution in [3.63, 3.8) is 0 Å². The predicted octanol–water partition coefficient (Wildman–Crippen LogP) is 1.87. The summed E-state index contributed by atoms with van der Waals surface area (Å²) >= 11 is 1.77. The number of rotatable bonds is 9. The zero-order chi connectivity index (χ0) is 13.2. The van der Waals surface area contributed by atoms with Gasteiger partial charge < -0.3 is 15.4 Å². The zero-order valence-electron chi connectivity index (χ0n) is 11.2. The summed E-state index contributed by atoms with van der Waals surface area (Å²) in [6.45, 7) is 6.24. The van der Waals surface area contributed by atoms with E-state index in [4.69, 9.17) is 4.74 Å². The highest BCUT2D eigenvalue weighted by molar-refractivity contribution is 7.98. The normalized spacial score (nSPS) is 10.2. The molecule has 0 saturated heterocycles. The number of thioether (sulfide) groups is 1. The van der Waals surface area contributed by atoms with Crippen LogP contribution in [0.15, 0.2) is 0 Å². The number of hydrogen-bond acceptors (Lipinski definition) is 7. The summed E-state index contributed by atoms with van der Waals surface area (Å²) in [4.78, 5) is 12.7. The molecule has 0 fully saturated rings. The van der Waals surface area contributed by atoms with Gasteiger partial charge in [-0.05, 0) is 19.6 Å². The van der Waals surface area contributed by atoms with Gasteiger partial charge in [0.1, 0.15) is 0 Å². The summed E-state index contributed by atoms with van der Waals surface area (Å²) in [5.74, 6) is 2.11. The standard InChI is InChI=1S/C11H21N5OS/c1-4-7-17-11-15-9(12-5-2)14-10(16-11)13-6-8-18-3/h4-8H2,1-3H3,(H2,12,13,14,15,16). The van der Waals surface area contributed by atoms with Crippen molar-refractivity contribution in [2.75, 3.05) is 42.3 Å². The lowest BCUT2D eigenvalue weighted by Gasteiger charge is -2.09. The molecule has 0 aliphatic heterocycles. The fourth-order valence-electron chi connectivity index (χ4n) is 1.20. The van der Waals surface area contributed by atoms with Crippen LogP contribution < -0.4 is 15.4 Å². The van der Waals surface area contributed by atoms with Gasteiger partial charge in [-0.1, -0.05) is 6.92 Å². The number of anilines is 2. The molecule has 0 amide bonds. The van der Waals surface area contributed by atoms with Crippen molar-refractivity contribution in [1.29, 1.82) is 0 Å². The molecule has 0 bridgehead atoms. The minimum absolute atomic E-state index is 0.370. The van der Waals surface area contributed by atoms with Crippen molar-refractivity contribution >= 4 is 23.7 Å². The molecule has 18 heavy (non-hydrogen) atoms. The molecule has 1 aromatic heterocycles. The van der Waals surface area contributed by atoms with E-state index in [1.807, 2.05) is 13.8 Å². The highest BCUT2D eigenvalue weighted by Gasteiger charge is 2.06. The molecule has 2 N–H and O–H groups in total. The third-order valence-electron chi connectivity index (χ3n) is 1.97. The molecule has 0 radical (unpaired) electrons. The quantitative estimate of drug-likeness (QED) is 0.664. The lowest BCUT2D eigenvalue weighted by molar-refractivity contribution is 0.292. The predicted molar refractivity (Wildman–Crippen MR) is 76.6 cm³/mol. The monoisotopic (exact) mass is 271 g/mol. The molecule has 0 aliphatic rings. The van der Waals surface area contributed by atoms with Crippen molar-refractivity contribution in [2.45, 2.75) is 20.3 Å². The van der Waals surface area contributed by atoms with Gasteiger partial charge in [-0.25, -0.2) is 0 Å². The molecule has 0 saturated carbocycles. The number of nitrogens with one attached hydrogen (secondary N) is 2. The van der Waals surface area contributed by atoms with Crippen LogP contribution in [-0.2, 0) is 0 Å². The van der Waals surface area contributed by atoms with Gasteiger partial charge in [0, 0.05) is 18.8 Å². The third kappa shape index (κ3) is 5.39. The summed E-state index contributed by atoms with van der Waals surface area (Å²) in [5, 5.41) is 6.23. The zero-order valence-corrected chi connectivity index (χ0v) is 12.0. The Morgan fingerprint density at radius 2 is 1.83 bits per heavy atom. The van der Waals surface area contributed by atoms with Crippen LogP contribution in [-0.4, -0.2) is 46.7 Å². The number of nitrogens with zero attached hydrogens (tertiary/aromatic N) is 3. The van der Waals surface area contributed by atoms with Crippen LogP contribution in [0, 0.1) is 0 Å².